The molecule has 0 aromatic carbocycles. The van der Waals surface area contributed by atoms with Gasteiger partial charge in [0.25, 0.3) is 0 Å². The van der Waals surface area contributed by atoms with Crippen molar-refractivity contribution in [3.63, 3.8) is 0 Å². The van der Waals surface area contributed by atoms with Crippen LogP contribution in [0.3, 0.4) is 0 Å². The van der Waals surface area contributed by atoms with Gasteiger partial charge in [0.05, 0.1) is 0 Å². The van der Waals surface area contributed by atoms with E-state index in [1.807, 2.05) is 3.28 Å². The van der Waals surface area contributed by atoms with Crippen molar-refractivity contribution < 1.29 is 23.2 Å². The molecule has 0 spiro atoms. The predicted molar refractivity (Wildman–Crippen MR) is 64.6 cm³/mol. The van der Waals surface area contributed by atoms with Gasteiger partial charge >= 0.3 is 110 Å². The van der Waals surface area contributed by atoms with Gasteiger partial charge in [-0.3, -0.25) is 0 Å². The third-order valence-electron chi connectivity index (χ3n) is 3.85. The van der Waals surface area contributed by atoms with Crippen LogP contribution in [0.4, 0.5) is 0 Å². The van der Waals surface area contributed by atoms with E-state index >= 15 is 0 Å². The summed E-state index contributed by atoms with van der Waals surface area (Å²) in [4.78, 5) is 0. The number of allylic oxidation sites excluding steroid dienone is 8. The van der Waals surface area contributed by atoms with Crippen LogP contribution in [0.2, 0.25) is 0 Å². The molecule has 0 unspecified atom stereocenters. The van der Waals surface area contributed by atoms with E-state index in [9.17, 15) is 0 Å². The van der Waals surface area contributed by atoms with Crippen molar-refractivity contribution in [2.24, 2.45) is 5.92 Å². The second-order valence-corrected chi connectivity index (χ2v) is 8.65. The summed E-state index contributed by atoms with van der Waals surface area (Å²) >= 11 is -0.399. The van der Waals surface area contributed by atoms with Crippen molar-refractivity contribution >= 4 is 0 Å². The SMILES string of the molecule is C1=CC[C]([Zr][C]2=C(C3CCCC3)C=CC2)=C1. The first-order valence-corrected chi connectivity index (χ1v) is 8.91. The zero-order valence-corrected chi connectivity index (χ0v) is 12.2. The van der Waals surface area contributed by atoms with Crippen LogP contribution in [0, 0.1) is 5.92 Å². The van der Waals surface area contributed by atoms with Gasteiger partial charge in [0.15, 0.2) is 0 Å². The maximum atomic E-state index is 2.45. The molecule has 0 N–H and O–H groups in total. The van der Waals surface area contributed by atoms with Crippen molar-refractivity contribution in [1.82, 2.24) is 0 Å². The first-order chi connectivity index (χ1) is 7.93. The first-order valence-electron chi connectivity index (χ1n) is 6.46. The van der Waals surface area contributed by atoms with Crippen molar-refractivity contribution in [2.75, 3.05) is 0 Å². The molecule has 82 valence electrons. The van der Waals surface area contributed by atoms with Crippen LogP contribution in [-0.4, -0.2) is 0 Å². The van der Waals surface area contributed by atoms with Gasteiger partial charge in [0.2, 0.25) is 0 Å². The van der Waals surface area contributed by atoms with Crippen molar-refractivity contribution in [2.45, 2.75) is 38.5 Å². The van der Waals surface area contributed by atoms with Crippen molar-refractivity contribution in [3.8, 4) is 0 Å². The zero-order valence-electron chi connectivity index (χ0n) is 9.71. The molecule has 0 amide bonds. The van der Waals surface area contributed by atoms with E-state index in [1.54, 1.807) is 8.85 Å². The summed E-state index contributed by atoms with van der Waals surface area (Å²) in [5, 5.41) is 0. The number of hydrogen-bond acceptors (Lipinski definition) is 0. The van der Waals surface area contributed by atoms with E-state index in [0.29, 0.717) is 0 Å². The van der Waals surface area contributed by atoms with Crippen molar-refractivity contribution in [1.29, 1.82) is 0 Å². The molecule has 1 saturated carbocycles. The molecule has 0 aromatic rings. The van der Waals surface area contributed by atoms with Gasteiger partial charge in [-0.15, -0.1) is 0 Å². The number of rotatable bonds is 3. The van der Waals surface area contributed by atoms with E-state index in [2.05, 4.69) is 30.4 Å². The third kappa shape index (κ3) is 2.25. The molecule has 0 aromatic heterocycles. The van der Waals surface area contributed by atoms with Gasteiger partial charge in [-0.1, -0.05) is 0 Å². The second-order valence-electron chi connectivity index (χ2n) is 4.97. The summed E-state index contributed by atoms with van der Waals surface area (Å²) in [6, 6.07) is 0. The Bertz CT molecular complexity index is 390. The van der Waals surface area contributed by atoms with E-state index in [-0.39, 0.29) is 0 Å². The molecule has 0 bridgehead atoms. The molecule has 0 heterocycles. The first kappa shape index (κ1) is 11.0. The minimum atomic E-state index is -0.399. The molecule has 0 saturated heterocycles. The molecule has 1 fully saturated rings. The Balaban J connectivity index is 1.74. The molecule has 16 heavy (non-hydrogen) atoms. The fourth-order valence-electron chi connectivity index (χ4n) is 3.00. The molecule has 0 nitrogen and oxygen atoms in total. The predicted octanol–water partition coefficient (Wildman–Crippen LogP) is 4.32. The monoisotopic (exact) mass is 288 g/mol. The normalized spacial score (nSPS) is 24.6. The molecule has 3 rings (SSSR count). The molecule has 1 heteroatoms. The maximum absolute atomic E-state index is 2.45. The van der Waals surface area contributed by atoms with Gasteiger partial charge in [-0.05, 0) is 0 Å². The van der Waals surface area contributed by atoms with Crippen LogP contribution in [0.5, 0.6) is 0 Å². The average molecular weight is 290 g/mol. The Hall–Kier alpha value is -0.157. The van der Waals surface area contributed by atoms with E-state index in [4.69, 9.17) is 0 Å². The molecular weight excluding hydrogens is 271 g/mol. The van der Waals surface area contributed by atoms with E-state index < -0.39 is 23.2 Å². The Morgan fingerprint density at radius 1 is 1.06 bits per heavy atom. The quantitative estimate of drug-likeness (QED) is 0.726. The van der Waals surface area contributed by atoms with Crippen LogP contribution < -0.4 is 0 Å². The van der Waals surface area contributed by atoms with Gasteiger partial charge in [0, 0.05) is 0 Å². The average Bonchev–Trinajstić information content (AvgIpc) is 2.98. The van der Waals surface area contributed by atoms with Crippen LogP contribution in [0.15, 0.2) is 42.5 Å². The van der Waals surface area contributed by atoms with Gasteiger partial charge in [-0.2, -0.15) is 0 Å². The van der Waals surface area contributed by atoms with E-state index in [0.717, 1.165) is 5.92 Å². The number of hydrogen-bond donors (Lipinski definition) is 0. The summed E-state index contributed by atoms with van der Waals surface area (Å²) in [5.41, 5.74) is 1.77. The molecular formula is C15H18Zr. The Kier molecular flexibility index (Phi) is 3.43. The summed E-state index contributed by atoms with van der Waals surface area (Å²) < 4.78 is 3.66. The molecule has 0 aliphatic heterocycles. The molecule has 3 aliphatic carbocycles. The topological polar surface area (TPSA) is 0 Å². The standard InChI is InChI=1S/C10H13.C5H5.Zr/c1-2-6-9(5-1)10-7-3-4-8-10;1-2-4-5-3-1;/h1,5,10H,2-4,7-8H2;1-3H,4H2;. The Labute approximate surface area is 110 Å². The van der Waals surface area contributed by atoms with Gasteiger partial charge in [0.1, 0.15) is 0 Å². The summed E-state index contributed by atoms with van der Waals surface area (Å²) in [6.45, 7) is 0. The van der Waals surface area contributed by atoms with Crippen LogP contribution >= 0.6 is 0 Å². The van der Waals surface area contributed by atoms with E-state index in [1.165, 1.54) is 38.5 Å². The van der Waals surface area contributed by atoms with Crippen LogP contribution in [-0.2, 0) is 23.2 Å². The van der Waals surface area contributed by atoms with Gasteiger partial charge < -0.3 is 0 Å². The summed E-state index contributed by atoms with van der Waals surface area (Å²) in [7, 11) is 0. The molecule has 0 atom stereocenters. The fourth-order valence-corrected chi connectivity index (χ4v) is 6.54. The Morgan fingerprint density at radius 3 is 2.69 bits per heavy atom. The summed E-state index contributed by atoms with van der Waals surface area (Å²) in [5.74, 6) is 0.935. The fraction of sp³-hybridized carbons (Fsp3) is 0.467. The van der Waals surface area contributed by atoms with Crippen LogP contribution in [0.25, 0.3) is 0 Å². The van der Waals surface area contributed by atoms with Gasteiger partial charge in [-0.25, -0.2) is 0 Å². The zero-order chi connectivity index (χ0) is 10.8. The van der Waals surface area contributed by atoms with Crippen LogP contribution in [0.1, 0.15) is 38.5 Å². The minimum absolute atomic E-state index is 0.399. The molecule has 0 radical (unpaired) electrons. The van der Waals surface area contributed by atoms with Crippen molar-refractivity contribution in [3.05, 3.63) is 42.5 Å². The third-order valence-corrected chi connectivity index (χ3v) is 7.50. The molecule has 3 aliphatic rings. The second kappa shape index (κ2) is 5.00. The Morgan fingerprint density at radius 2 is 1.94 bits per heavy atom. The summed E-state index contributed by atoms with van der Waals surface area (Å²) in [6.07, 6.45) is 20.2.